The van der Waals surface area contributed by atoms with Crippen molar-refractivity contribution in [1.29, 1.82) is 0 Å². The van der Waals surface area contributed by atoms with Crippen LogP contribution in [0.3, 0.4) is 0 Å². The normalized spacial score (nSPS) is 19.4. The van der Waals surface area contributed by atoms with Gasteiger partial charge in [-0.1, -0.05) is 33.6 Å². The van der Waals surface area contributed by atoms with E-state index in [1.165, 1.54) is 25.7 Å². The molecule has 0 aromatic carbocycles. The molecule has 0 radical (unpaired) electrons. The minimum absolute atomic E-state index is 0.138. The van der Waals surface area contributed by atoms with Gasteiger partial charge in [0.05, 0.1) is 5.37 Å². The quantitative estimate of drug-likeness (QED) is 0.331. The van der Waals surface area contributed by atoms with Crippen LogP contribution in [0.2, 0.25) is 0 Å². The Bertz CT molecular complexity index is 226. The Labute approximate surface area is 132 Å². The van der Waals surface area contributed by atoms with Crippen LogP contribution in [-0.2, 0) is 0 Å². The lowest BCUT2D eigenvalue weighted by Crippen LogP contribution is -2.33. The molecule has 0 heterocycles. The van der Waals surface area contributed by atoms with Crippen LogP contribution in [0.25, 0.3) is 0 Å². The van der Waals surface area contributed by atoms with E-state index < -0.39 is 0 Å². The van der Waals surface area contributed by atoms with Crippen molar-refractivity contribution >= 4 is 12.6 Å². The van der Waals surface area contributed by atoms with Crippen molar-refractivity contribution < 1.29 is 0 Å². The molecule has 3 nitrogen and oxygen atoms in total. The van der Waals surface area contributed by atoms with Crippen molar-refractivity contribution in [1.82, 2.24) is 10.6 Å². The van der Waals surface area contributed by atoms with Crippen molar-refractivity contribution in [2.75, 3.05) is 20.1 Å². The predicted molar refractivity (Wildman–Crippen MR) is 94.3 cm³/mol. The average molecular weight is 304 g/mol. The molecule has 0 aromatic rings. The first-order valence-corrected chi connectivity index (χ1v) is 8.76. The molecule has 4 heteroatoms. The molecule has 0 aromatic heterocycles. The fraction of sp³-hybridized carbons (Fsp3) is 1.00. The number of rotatable bonds is 12. The van der Waals surface area contributed by atoms with Crippen LogP contribution in [-0.4, -0.2) is 31.6 Å². The minimum atomic E-state index is 0.138. The van der Waals surface area contributed by atoms with E-state index >= 15 is 0 Å². The Morgan fingerprint density at radius 2 is 1.65 bits per heavy atom. The monoisotopic (exact) mass is 303 g/mol. The van der Waals surface area contributed by atoms with Crippen molar-refractivity contribution in [2.24, 2.45) is 23.5 Å². The van der Waals surface area contributed by atoms with Gasteiger partial charge in [0.2, 0.25) is 0 Å². The van der Waals surface area contributed by atoms with E-state index in [0.29, 0.717) is 12.6 Å². The minimum Gasteiger partial charge on any atom is -0.328 e. The lowest BCUT2D eigenvalue weighted by Gasteiger charge is -2.26. The third-order valence-corrected chi connectivity index (χ3v) is 5.23. The van der Waals surface area contributed by atoms with Gasteiger partial charge < -0.3 is 16.4 Å². The van der Waals surface area contributed by atoms with Crippen molar-refractivity contribution in [3.63, 3.8) is 0 Å². The van der Waals surface area contributed by atoms with Gasteiger partial charge in [-0.05, 0) is 51.1 Å². The molecule has 0 aliphatic carbocycles. The van der Waals surface area contributed by atoms with Gasteiger partial charge in [-0.3, -0.25) is 0 Å². The van der Waals surface area contributed by atoms with Gasteiger partial charge in [0.25, 0.3) is 0 Å². The number of hydrogen-bond donors (Lipinski definition) is 4. The van der Waals surface area contributed by atoms with Crippen LogP contribution in [0, 0.1) is 17.8 Å². The molecular formula is C16H37N3S. The summed E-state index contributed by atoms with van der Waals surface area (Å²) in [7, 11) is 2.05. The summed E-state index contributed by atoms with van der Waals surface area (Å²) in [6.45, 7) is 11.0. The summed E-state index contributed by atoms with van der Waals surface area (Å²) in [5.41, 5.74) is 5.56. The van der Waals surface area contributed by atoms with Crippen LogP contribution in [0.1, 0.15) is 53.4 Å². The third kappa shape index (κ3) is 8.50. The summed E-state index contributed by atoms with van der Waals surface area (Å²) in [5, 5.41) is 6.87. The summed E-state index contributed by atoms with van der Waals surface area (Å²) in [6, 6.07) is 0.610. The van der Waals surface area contributed by atoms with Gasteiger partial charge in [0, 0.05) is 12.6 Å². The Kier molecular flexibility index (Phi) is 12.0. The lowest BCUT2D eigenvalue weighted by molar-refractivity contribution is 0.272. The second kappa shape index (κ2) is 11.8. The molecule has 0 amide bonds. The van der Waals surface area contributed by atoms with Gasteiger partial charge in [-0.25, -0.2) is 0 Å². The van der Waals surface area contributed by atoms with E-state index in [1.54, 1.807) is 0 Å². The van der Waals surface area contributed by atoms with Crippen LogP contribution in [0.5, 0.6) is 0 Å². The van der Waals surface area contributed by atoms with Gasteiger partial charge in [-0.2, -0.15) is 12.6 Å². The van der Waals surface area contributed by atoms with E-state index in [4.69, 9.17) is 5.73 Å². The molecule has 0 aliphatic rings. The fourth-order valence-corrected chi connectivity index (χ4v) is 2.83. The number of thiol groups is 1. The second-order valence-electron chi connectivity index (χ2n) is 6.27. The Balaban J connectivity index is 3.98. The average Bonchev–Trinajstić information content (AvgIpc) is 2.47. The highest BCUT2D eigenvalue weighted by atomic mass is 32.1. The second-order valence-corrected chi connectivity index (χ2v) is 6.90. The highest BCUT2D eigenvalue weighted by Crippen LogP contribution is 2.26. The maximum Gasteiger partial charge on any atom is 0.0626 e. The Morgan fingerprint density at radius 3 is 2.15 bits per heavy atom. The Morgan fingerprint density at radius 1 is 1.05 bits per heavy atom. The summed E-state index contributed by atoms with van der Waals surface area (Å²) in [6.07, 6.45) is 5.13. The lowest BCUT2D eigenvalue weighted by atomic mass is 9.83. The molecule has 122 valence electrons. The third-order valence-electron chi connectivity index (χ3n) is 4.83. The Hall–Kier alpha value is 0.230. The maximum atomic E-state index is 5.56. The van der Waals surface area contributed by atoms with Crippen LogP contribution < -0.4 is 16.4 Å². The summed E-state index contributed by atoms with van der Waals surface area (Å²) >= 11 is 4.37. The highest BCUT2D eigenvalue weighted by Gasteiger charge is 2.18. The van der Waals surface area contributed by atoms with Crippen LogP contribution >= 0.6 is 12.6 Å². The molecule has 0 spiro atoms. The van der Waals surface area contributed by atoms with Crippen LogP contribution in [0.15, 0.2) is 0 Å². The molecule has 0 saturated carbocycles. The number of nitrogens with two attached hydrogens (primary N) is 1. The van der Waals surface area contributed by atoms with E-state index in [0.717, 1.165) is 24.3 Å². The molecule has 20 heavy (non-hydrogen) atoms. The zero-order valence-corrected chi connectivity index (χ0v) is 15.0. The molecule has 5 atom stereocenters. The fourth-order valence-electron chi connectivity index (χ4n) is 2.71. The van der Waals surface area contributed by atoms with Crippen LogP contribution in [0.4, 0.5) is 0 Å². The zero-order chi connectivity index (χ0) is 15.5. The first kappa shape index (κ1) is 20.2. The predicted octanol–water partition coefficient (Wildman–Crippen LogP) is 2.87. The summed E-state index contributed by atoms with van der Waals surface area (Å²) < 4.78 is 0. The van der Waals surface area contributed by atoms with Gasteiger partial charge in [-0.15, -0.1) is 0 Å². The maximum absolute atomic E-state index is 5.56. The van der Waals surface area contributed by atoms with E-state index in [9.17, 15) is 0 Å². The molecule has 5 unspecified atom stereocenters. The number of nitrogens with one attached hydrogen (secondary N) is 2. The van der Waals surface area contributed by atoms with E-state index in [-0.39, 0.29) is 5.37 Å². The van der Waals surface area contributed by atoms with Gasteiger partial charge in [0.15, 0.2) is 0 Å². The molecule has 0 fully saturated rings. The zero-order valence-electron chi connectivity index (χ0n) is 14.2. The van der Waals surface area contributed by atoms with E-state index in [1.807, 2.05) is 0 Å². The molecule has 0 aliphatic heterocycles. The van der Waals surface area contributed by atoms with E-state index in [2.05, 4.69) is 58.0 Å². The van der Waals surface area contributed by atoms with Gasteiger partial charge in [0.1, 0.15) is 0 Å². The molecular weight excluding hydrogens is 266 g/mol. The first-order chi connectivity index (χ1) is 9.46. The largest absolute Gasteiger partial charge is 0.328 e. The standard InChI is InChI=1S/C16H37N3S/c1-6-15(9-10-19-16(20)11-17)13(3)8-7-12(2)14(4)18-5/h12-16,18-20H,6-11,17H2,1-5H3. The van der Waals surface area contributed by atoms with Crippen molar-refractivity contribution in [2.45, 2.75) is 64.8 Å². The molecule has 0 bridgehead atoms. The van der Waals surface area contributed by atoms with Crippen molar-refractivity contribution in [3.8, 4) is 0 Å². The topological polar surface area (TPSA) is 50.1 Å². The number of hydrogen-bond acceptors (Lipinski definition) is 4. The SMILES string of the molecule is CCC(CCNC(S)CN)C(C)CCC(C)C(C)NC. The first-order valence-electron chi connectivity index (χ1n) is 8.24. The molecule has 0 saturated heterocycles. The van der Waals surface area contributed by atoms with Crippen molar-refractivity contribution in [3.05, 3.63) is 0 Å². The summed E-state index contributed by atoms with van der Waals surface area (Å²) in [4.78, 5) is 0. The molecule has 0 rings (SSSR count). The smallest absolute Gasteiger partial charge is 0.0626 e. The molecule has 4 N–H and O–H groups in total. The summed E-state index contributed by atoms with van der Waals surface area (Å²) in [5.74, 6) is 2.35. The highest BCUT2D eigenvalue weighted by molar-refractivity contribution is 7.80. The van der Waals surface area contributed by atoms with Gasteiger partial charge >= 0.3 is 0 Å².